The molecule has 0 bridgehead atoms. The van der Waals surface area contributed by atoms with Crippen LogP contribution >= 0.6 is 11.6 Å². The second kappa shape index (κ2) is 3.72. The average molecular weight is 233 g/mol. The van der Waals surface area contributed by atoms with E-state index in [1.807, 2.05) is 12.1 Å². The van der Waals surface area contributed by atoms with Gasteiger partial charge in [-0.1, -0.05) is 18.2 Å². The number of hydrogen-bond donors (Lipinski definition) is 0. The molecule has 0 amide bonds. The predicted octanol–water partition coefficient (Wildman–Crippen LogP) is 2.22. The highest BCUT2D eigenvalue weighted by Crippen LogP contribution is 2.32. The van der Waals surface area contributed by atoms with E-state index in [0.29, 0.717) is 0 Å². The summed E-state index contributed by atoms with van der Waals surface area (Å²) >= 11 is 5.74. The van der Waals surface area contributed by atoms with Crippen molar-refractivity contribution in [3.63, 3.8) is 0 Å². The van der Waals surface area contributed by atoms with E-state index < -0.39 is 0 Å². The molecule has 0 saturated carbocycles. The van der Waals surface area contributed by atoms with Crippen LogP contribution in [0.2, 0.25) is 5.28 Å². The second-order valence-corrected chi connectivity index (χ2v) is 3.95. The zero-order valence-corrected chi connectivity index (χ0v) is 9.22. The number of para-hydroxylation sites is 1. The summed E-state index contributed by atoms with van der Waals surface area (Å²) in [5, 5.41) is 7.64. The molecule has 5 heteroatoms. The molecule has 0 aliphatic carbocycles. The fraction of sp³-hybridized carbons (Fsp3) is 0.182. The van der Waals surface area contributed by atoms with Gasteiger partial charge in [0, 0.05) is 12.2 Å². The SMILES string of the molecule is Clc1nncc(N2CCc3ccccc32)n1. The Balaban J connectivity index is 2.05. The Kier molecular flexibility index (Phi) is 2.22. The number of benzene rings is 1. The molecule has 3 rings (SSSR count). The van der Waals surface area contributed by atoms with Crippen molar-refractivity contribution >= 4 is 23.1 Å². The fourth-order valence-electron chi connectivity index (χ4n) is 1.98. The fourth-order valence-corrected chi connectivity index (χ4v) is 2.11. The van der Waals surface area contributed by atoms with E-state index in [9.17, 15) is 0 Å². The summed E-state index contributed by atoms with van der Waals surface area (Å²) in [6, 6.07) is 8.28. The van der Waals surface area contributed by atoms with Crippen molar-refractivity contribution in [3.8, 4) is 0 Å². The standard InChI is InChI=1S/C11H9ClN4/c12-11-14-10(7-13-15-11)16-6-5-8-3-1-2-4-9(8)16/h1-4,7H,5-6H2. The van der Waals surface area contributed by atoms with E-state index >= 15 is 0 Å². The van der Waals surface area contributed by atoms with Gasteiger partial charge in [0.05, 0.1) is 6.20 Å². The number of nitrogens with zero attached hydrogens (tertiary/aromatic N) is 4. The monoisotopic (exact) mass is 232 g/mol. The zero-order chi connectivity index (χ0) is 11.0. The molecule has 16 heavy (non-hydrogen) atoms. The Hall–Kier alpha value is -1.68. The van der Waals surface area contributed by atoms with E-state index in [4.69, 9.17) is 11.6 Å². The average Bonchev–Trinajstić information content (AvgIpc) is 2.72. The van der Waals surface area contributed by atoms with Crippen molar-refractivity contribution in [2.24, 2.45) is 0 Å². The van der Waals surface area contributed by atoms with Crippen LogP contribution in [0.4, 0.5) is 11.5 Å². The quantitative estimate of drug-likeness (QED) is 0.756. The van der Waals surface area contributed by atoms with E-state index in [2.05, 4.69) is 32.2 Å². The van der Waals surface area contributed by atoms with Gasteiger partial charge in [0.1, 0.15) is 0 Å². The number of halogens is 1. The minimum absolute atomic E-state index is 0.182. The summed E-state index contributed by atoms with van der Waals surface area (Å²) in [5.41, 5.74) is 2.51. The molecule has 0 radical (unpaired) electrons. The maximum atomic E-state index is 5.74. The molecule has 4 nitrogen and oxygen atoms in total. The largest absolute Gasteiger partial charge is 0.324 e. The van der Waals surface area contributed by atoms with E-state index in [-0.39, 0.29) is 5.28 Å². The van der Waals surface area contributed by atoms with Gasteiger partial charge in [-0.15, -0.1) is 5.10 Å². The molecule has 1 aliphatic heterocycles. The van der Waals surface area contributed by atoms with E-state index in [1.54, 1.807) is 6.20 Å². The molecule has 2 heterocycles. The molecule has 1 aliphatic rings. The summed E-state index contributed by atoms with van der Waals surface area (Å²) in [4.78, 5) is 6.28. The van der Waals surface area contributed by atoms with Crippen LogP contribution in [0.1, 0.15) is 5.56 Å². The van der Waals surface area contributed by atoms with Crippen molar-refractivity contribution in [2.75, 3.05) is 11.4 Å². The molecule has 0 atom stereocenters. The molecule has 80 valence electrons. The first-order chi connectivity index (χ1) is 7.84. The third kappa shape index (κ3) is 1.51. The predicted molar refractivity (Wildman–Crippen MR) is 62.0 cm³/mol. The lowest BCUT2D eigenvalue weighted by molar-refractivity contribution is 0.914. The Morgan fingerprint density at radius 3 is 3.00 bits per heavy atom. The molecular formula is C11H9ClN4. The van der Waals surface area contributed by atoms with Gasteiger partial charge in [-0.3, -0.25) is 0 Å². The maximum absolute atomic E-state index is 5.74. The maximum Gasteiger partial charge on any atom is 0.244 e. The third-order valence-corrected chi connectivity index (χ3v) is 2.84. The van der Waals surface area contributed by atoms with Crippen LogP contribution in [0.15, 0.2) is 30.5 Å². The Labute approximate surface area is 97.9 Å². The van der Waals surface area contributed by atoms with E-state index in [0.717, 1.165) is 18.8 Å². The number of rotatable bonds is 1. The highest BCUT2D eigenvalue weighted by molar-refractivity contribution is 6.28. The summed E-state index contributed by atoms with van der Waals surface area (Å²) < 4.78 is 0. The van der Waals surface area contributed by atoms with Crippen LogP contribution in [0.3, 0.4) is 0 Å². The highest BCUT2D eigenvalue weighted by Gasteiger charge is 2.21. The smallest absolute Gasteiger partial charge is 0.244 e. The molecule has 0 fully saturated rings. The molecule has 1 aromatic carbocycles. The summed E-state index contributed by atoms with van der Waals surface area (Å²) in [5.74, 6) is 0.755. The van der Waals surface area contributed by atoms with Gasteiger partial charge in [-0.2, -0.15) is 10.1 Å². The molecule has 1 aromatic heterocycles. The first-order valence-electron chi connectivity index (χ1n) is 5.05. The molecule has 0 N–H and O–H groups in total. The third-order valence-electron chi connectivity index (χ3n) is 2.68. The topological polar surface area (TPSA) is 41.9 Å². The van der Waals surface area contributed by atoms with Gasteiger partial charge < -0.3 is 4.90 Å². The Morgan fingerprint density at radius 2 is 2.12 bits per heavy atom. The molecule has 0 spiro atoms. The van der Waals surface area contributed by atoms with Gasteiger partial charge in [-0.25, -0.2) is 0 Å². The van der Waals surface area contributed by atoms with E-state index in [1.165, 1.54) is 11.3 Å². The Morgan fingerprint density at radius 1 is 1.25 bits per heavy atom. The second-order valence-electron chi connectivity index (χ2n) is 3.61. The van der Waals surface area contributed by atoms with Crippen molar-refractivity contribution in [1.29, 1.82) is 0 Å². The van der Waals surface area contributed by atoms with Crippen LogP contribution in [-0.2, 0) is 6.42 Å². The lowest BCUT2D eigenvalue weighted by Crippen LogP contribution is -2.15. The Bertz CT molecular complexity index is 529. The van der Waals surface area contributed by atoms with Crippen LogP contribution in [0.5, 0.6) is 0 Å². The van der Waals surface area contributed by atoms with Gasteiger partial charge in [0.2, 0.25) is 5.28 Å². The molecular weight excluding hydrogens is 224 g/mol. The molecule has 2 aromatic rings. The molecule has 0 saturated heterocycles. The minimum Gasteiger partial charge on any atom is -0.324 e. The van der Waals surface area contributed by atoms with Crippen LogP contribution in [0.25, 0.3) is 0 Å². The number of fused-ring (bicyclic) bond motifs is 1. The number of anilines is 2. The summed E-state index contributed by atoms with van der Waals surface area (Å²) in [6.07, 6.45) is 2.66. The van der Waals surface area contributed by atoms with Crippen molar-refractivity contribution < 1.29 is 0 Å². The van der Waals surface area contributed by atoms with Crippen LogP contribution < -0.4 is 4.90 Å². The van der Waals surface area contributed by atoms with Gasteiger partial charge in [0.15, 0.2) is 5.82 Å². The van der Waals surface area contributed by atoms with Crippen molar-refractivity contribution in [3.05, 3.63) is 41.3 Å². The minimum atomic E-state index is 0.182. The number of hydrogen-bond acceptors (Lipinski definition) is 4. The van der Waals surface area contributed by atoms with Gasteiger partial charge in [0.25, 0.3) is 0 Å². The van der Waals surface area contributed by atoms with Crippen LogP contribution in [0, 0.1) is 0 Å². The van der Waals surface area contributed by atoms with Crippen molar-refractivity contribution in [1.82, 2.24) is 15.2 Å². The number of aromatic nitrogens is 3. The normalized spacial score (nSPS) is 13.9. The highest BCUT2D eigenvalue weighted by atomic mass is 35.5. The zero-order valence-electron chi connectivity index (χ0n) is 8.47. The molecule has 0 unspecified atom stereocenters. The first-order valence-corrected chi connectivity index (χ1v) is 5.43. The van der Waals surface area contributed by atoms with Crippen molar-refractivity contribution in [2.45, 2.75) is 6.42 Å². The lowest BCUT2D eigenvalue weighted by Gasteiger charge is -2.17. The van der Waals surface area contributed by atoms with Crippen LogP contribution in [-0.4, -0.2) is 21.7 Å². The first kappa shape index (κ1) is 9.54. The lowest BCUT2D eigenvalue weighted by atomic mass is 10.2. The van der Waals surface area contributed by atoms with Gasteiger partial charge >= 0.3 is 0 Å². The summed E-state index contributed by atoms with van der Waals surface area (Å²) in [6.45, 7) is 0.911. The summed E-state index contributed by atoms with van der Waals surface area (Å²) in [7, 11) is 0. The van der Waals surface area contributed by atoms with Gasteiger partial charge in [-0.05, 0) is 29.7 Å².